The van der Waals surface area contributed by atoms with Crippen LogP contribution in [0.15, 0.2) is 18.6 Å². The first-order valence-corrected chi connectivity index (χ1v) is 8.49. The number of nitrogens with one attached hydrogen (secondary N) is 2. The van der Waals surface area contributed by atoms with Crippen LogP contribution in [-0.4, -0.2) is 26.7 Å². The molecule has 2 N–H and O–H groups in total. The molecule has 126 valence electrons. The minimum absolute atomic E-state index is 0.0846. The molecular formula is C17H22N5O2+. The van der Waals surface area contributed by atoms with Crippen molar-refractivity contribution in [3.05, 3.63) is 40.4 Å². The molecule has 0 saturated heterocycles. The second-order valence-corrected chi connectivity index (χ2v) is 7.27. The van der Waals surface area contributed by atoms with E-state index in [0.717, 1.165) is 28.5 Å². The first-order valence-electron chi connectivity index (χ1n) is 8.49. The molecule has 4 rings (SSSR count). The highest BCUT2D eigenvalue weighted by Gasteiger charge is 2.50. The van der Waals surface area contributed by atoms with E-state index in [4.69, 9.17) is 0 Å². The van der Waals surface area contributed by atoms with E-state index in [1.807, 2.05) is 6.92 Å². The molecule has 2 aromatic heterocycles. The van der Waals surface area contributed by atoms with Crippen LogP contribution in [0, 0.1) is 16.7 Å². The van der Waals surface area contributed by atoms with Crippen molar-refractivity contribution in [3.8, 4) is 5.82 Å². The van der Waals surface area contributed by atoms with Crippen molar-refractivity contribution < 1.29 is 9.22 Å². The number of rotatable bonds is 4. The number of hydrogen-bond acceptors (Lipinski definition) is 3. The van der Waals surface area contributed by atoms with Gasteiger partial charge in [0.25, 0.3) is 12.1 Å². The van der Waals surface area contributed by atoms with Crippen LogP contribution < -0.4 is 9.74 Å². The van der Waals surface area contributed by atoms with Gasteiger partial charge in [-0.25, -0.2) is 4.68 Å². The van der Waals surface area contributed by atoms with Crippen molar-refractivity contribution >= 4 is 5.91 Å². The van der Waals surface area contributed by atoms with Gasteiger partial charge in [-0.3, -0.25) is 4.79 Å². The second kappa shape index (κ2) is 5.29. The molecule has 1 fully saturated rings. The van der Waals surface area contributed by atoms with Gasteiger partial charge in [-0.05, 0) is 31.6 Å². The summed E-state index contributed by atoms with van der Waals surface area (Å²) in [5, 5.41) is 7.59. The molecule has 0 spiro atoms. The average molecular weight is 328 g/mol. The SMILES string of the molecule is CC(C)C(C)NC(=O)c1nn(-c2c[n+](=O)cc[nH]2)c2c1CC1CC21. The maximum atomic E-state index is 12.7. The van der Waals surface area contributed by atoms with E-state index in [1.54, 1.807) is 10.9 Å². The van der Waals surface area contributed by atoms with Crippen LogP contribution >= 0.6 is 0 Å². The third kappa shape index (κ3) is 2.35. The summed E-state index contributed by atoms with van der Waals surface area (Å²) in [6.07, 6.45) is 6.47. The monoisotopic (exact) mass is 328 g/mol. The quantitative estimate of drug-likeness (QED) is 0.835. The van der Waals surface area contributed by atoms with Crippen molar-refractivity contribution in [2.75, 3.05) is 0 Å². The van der Waals surface area contributed by atoms with E-state index in [-0.39, 0.29) is 11.9 Å². The predicted octanol–water partition coefficient (Wildman–Crippen LogP) is 1.55. The smallest absolute Gasteiger partial charge is 0.272 e. The third-order valence-electron chi connectivity index (χ3n) is 5.27. The summed E-state index contributed by atoms with van der Waals surface area (Å²) in [7, 11) is 0. The highest BCUT2D eigenvalue weighted by atomic mass is 16.3. The zero-order valence-corrected chi connectivity index (χ0v) is 14.1. The van der Waals surface area contributed by atoms with Crippen molar-refractivity contribution in [3.63, 3.8) is 0 Å². The van der Waals surface area contributed by atoms with Gasteiger partial charge in [0.15, 0.2) is 5.69 Å². The normalized spacial score (nSPS) is 22.2. The van der Waals surface area contributed by atoms with Gasteiger partial charge in [0.1, 0.15) is 0 Å². The molecule has 1 saturated carbocycles. The highest BCUT2D eigenvalue weighted by Crippen LogP contribution is 2.57. The van der Waals surface area contributed by atoms with E-state index in [1.165, 1.54) is 12.4 Å². The van der Waals surface area contributed by atoms with Crippen LogP contribution in [0.1, 0.15) is 54.9 Å². The third-order valence-corrected chi connectivity index (χ3v) is 5.27. The molecule has 2 aliphatic rings. The summed E-state index contributed by atoms with van der Waals surface area (Å²) < 4.78 is 2.48. The number of amides is 1. The fourth-order valence-electron chi connectivity index (χ4n) is 3.44. The lowest BCUT2D eigenvalue weighted by atomic mass is 10.1. The highest BCUT2D eigenvalue weighted by molar-refractivity contribution is 5.94. The van der Waals surface area contributed by atoms with Crippen LogP contribution in [0.25, 0.3) is 5.82 Å². The van der Waals surface area contributed by atoms with Crippen molar-refractivity contribution in [2.45, 2.75) is 45.6 Å². The summed E-state index contributed by atoms with van der Waals surface area (Å²) in [5.41, 5.74) is 2.63. The number of hydrogen-bond donors (Lipinski definition) is 2. The van der Waals surface area contributed by atoms with Crippen LogP contribution in [0.2, 0.25) is 0 Å². The van der Waals surface area contributed by atoms with Gasteiger partial charge in [0, 0.05) is 22.4 Å². The molecule has 2 aromatic rings. The Balaban J connectivity index is 1.75. The Morgan fingerprint density at radius 2 is 2.25 bits per heavy atom. The second-order valence-electron chi connectivity index (χ2n) is 7.27. The largest absolute Gasteiger partial charge is 0.348 e. The molecule has 2 heterocycles. The molecule has 2 aliphatic carbocycles. The van der Waals surface area contributed by atoms with Crippen molar-refractivity contribution in [1.29, 1.82) is 0 Å². The van der Waals surface area contributed by atoms with Crippen molar-refractivity contribution in [2.24, 2.45) is 11.8 Å². The van der Waals surface area contributed by atoms with Crippen LogP contribution in [-0.2, 0) is 6.42 Å². The van der Waals surface area contributed by atoms with E-state index in [9.17, 15) is 9.70 Å². The first-order chi connectivity index (χ1) is 11.5. The van der Waals surface area contributed by atoms with Crippen LogP contribution in [0.4, 0.5) is 0 Å². The minimum atomic E-state index is -0.126. The van der Waals surface area contributed by atoms with Gasteiger partial charge >= 0.3 is 0 Å². The number of fused-ring (bicyclic) bond motifs is 3. The van der Waals surface area contributed by atoms with Gasteiger partial charge in [0.2, 0.25) is 12.0 Å². The summed E-state index contributed by atoms with van der Waals surface area (Å²) in [5.74, 6) is 1.91. The number of carbonyl (C=O) groups excluding carboxylic acids is 1. The Morgan fingerprint density at radius 3 is 2.96 bits per heavy atom. The lowest BCUT2D eigenvalue weighted by molar-refractivity contribution is -0.495. The maximum Gasteiger partial charge on any atom is 0.272 e. The summed E-state index contributed by atoms with van der Waals surface area (Å²) in [4.78, 5) is 27.3. The van der Waals surface area contributed by atoms with Gasteiger partial charge in [-0.2, -0.15) is 5.10 Å². The summed E-state index contributed by atoms with van der Waals surface area (Å²) >= 11 is 0. The molecule has 0 aromatic carbocycles. The number of aromatic amines is 1. The number of nitrogens with zero attached hydrogens (tertiary/aromatic N) is 3. The Morgan fingerprint density at radius 1 is 1.46 bits per heavy atom. The maximum absolute atomic E-state index is 12.7. The van der Waals surface area contributed by atoms with E-state index in [2.05, 4.69) is 29.2 Å². The minimum Gasteiger partial charge on any atom is -0.348 e. The van der Waals surface area contributed by atoms with Gasteiger partial charge in [-0.1, -0.05) is 13.8 Å². The van der Waals surface area contributed by atoms with Gasteiger partial charge in [0.05, 0.1) is 16.3 Å². The Labute approximate surface area is 139 Å². The molecule has 24 heavy (non-hydrogen) atoms. The molecule has 3 unspecified atom stereocenters. The van der Waals surface area contributed by atoms with E-state index >= 15 is 0 Å². The molecule has 1 amide bonds. The molecule has 0 aliphatic heterocycles. The molecule has 7 heteroatoms. The zero-order chi connectivity index (χ0) is 17.0. The number of aromatic nitrogens is 4. The van der Waals surface area contributed by atoms with Crippen LogP contribution in [0.3, 0.4) is 0 Å². The first kappa shape index (κ1) is 15.1. The summed E-state index contributed by atoms with van der Waals surface area (Å²) in [6, 6.07) is 0.0846. The lowest BCUT2D eigenvalue weighted by Gasteiger charge is -2.16. The number of H-pyrrole nitrogens is 1. The molecule has 7 nitrogen and oxygen atoms in total. The van der Waals surface area contributed by atoms with E-state index in [0.29, 0.717) is 29.3 Å². The standard InChI is InChI=1S/C17H21N5O2/c1-9(2)10(3)19-17(23)15-13-7-11-6-12(11)16(13)22(20-15)14-8-21(24)5-4-18-14/h4-5,8-12H,6-7H2,1-3H3,(H-,18,19,23,24)/p+1. The Bertz CT molecular complexity index is 866. The average Bonchev–Trinajstić information content (AvgIpc) is 3.03. The van der Waals surface area contributed by atoms with Crippen molar-refractivity contribution in [1.82, 2.24) is 20.1 Å². The Kier molecular flexibility index (Phi) is 3.33. The Hall–Kier alpha value is -2.44. The van der Waals surface area contributed by atoms with Gasteiger partial charge in [-0.15, -0.1) is 0 Å². The van der Waals surface area contributed by atoms with E-state index < -0.39 is 0 Å². The fourth-order valence-corrected chi connectivity index (χ4v) is 3.44. The summed E-state index contributed by atoms with van der Waals surface area (Å²) in [6.45, 7) is 6.16. The predicted molar refractivity (Wildman–Crippen MR) is 87.6 cm³/mol. The number of carbonyl (C=O) groups is 1. The topological polar surface area (TPSA) is 85.7 Å². The van der Waals surface area contributed by atoms with Gasteiger partial charge < -0.3 is 10.3 Å². The van der Waals surface area contributed by atoms with Crippen LogP contribution in [0.5, 0.6) is 0 Å². The molecule has 0 bridgehead atoms. The molecule has 3 atom stereocenters. The zero-order valence-electron chi connectivity index (χ0n) is 14.1. The fraction of sp³-hybridized carbons (Fsp3) is 0.529. The lowest BCUT2D eigenvalue weighted by Crippen LogP contribution is -2.36. The molecule has 0 radical (unpaired) electrons. The molecular weight excluding hydrogens is 306 g/mol.